The largest absolute Gasteiger partial charge is 0.337 e. The van der Waals surface area contributed by atoms with Crippen molar-refractivity contribution in [1.82, 2.24) is 4.90 Å². The maximum absolute atomic E-state index is 11.6. The molecule has 0 saturated carbocycles. The molecule has 1 aromatic rings. The van der Waals surface area contributed by atoms with E-state index in [1.54, 1.807) is 4.90 Å². The van der Waals surface area contributed by atoms with E-state index in [0.717, 1.165) is 5.56 Å². The Morgan fingerprint density at radius 1 is 1.56 bits per heavy atom. The SMILES string of the molecule is C#CC1CC(=O)N(Cc2cccc(Cl)c2)C1. The minimum absolute atomic E-state index is 0.0617. The summed E-state index contributed by atoms with van der Waals surface area (Å²) in [6, 6.07) is 7.54. The van der Waals surface area contributed by atoms with Crippen LogP contribution in [0.15, 0.2) is 24.3 Å². The van der Waals surface area contributed by atoms with Crippen molar-refractivity contribution < 1.29 is 4.79 Å². The van der Waals surface area contributed by atoms with E-state index in [4.69, 9.17) is 18.0 Å². The number of terminal acetylenes is 1. The van der Waals surface area contributed by atoms with Crippen LogP contribution in [0.25, 0.3) is 0 Å². The van der Waals surface area contributed by atoms with Crippen molar-refractivity contribution in [3.05, 3.63) is 34.9 Å². The molecule has 1 aliphatic rings. The van der Waals surface area contributed by atoms with Crippen molar-refractivity contribution in [2.24, 2.45) is 5.92 Å². The zero-order valence-electron chi connectivity index (χ0n) is 8.82. The van der Waals surface area contributed by atoms with Gasteiger partial charge in [-0.2, -0.15) is 0 Å². The van der Waals surface area contributed by atoms with Gasteiger partial charge in [0.05, 0.1) is 0 Å². The van der Waals surface area contributed by atoms with Gasteiger partial charge in [0.15, 0.2) is 0 Å². The van der Waals surface area contributed by atoms with E-state index in [1.165, 1.54) is 0 Å². The summed E-state index contributed by atoms with van der Waals surface area (Å²) in [6.07, 6.45) is 5.80. The van der Waals surface area contributed by atoms with E-state index in [9.17, 15) is 4.79 Å². The molecular formula is C13H12ClNO. The first kappa shape index (κ1) is 11.0. The third kappa shape index (κ3) is 2.37. The first-order valence-electron chi connectivity index (χ1n) is 5.17. The second-order valence-corrected chi connectivity index (χ2v) is 4.41. The maximum atomic E-state index is 11.6. The Morgan fingerprint density at radius 3 is 3.00 bits per heavy atom. The van der Waals surface area contributed by atoms with Gasteiger partial charge in [-0.1, -0.05) is 23.7 Å². The van der Waals surface area contributed by atoms with Crippen molar-refractivity contribution in [2.45, 2.75) is 13.0 Å². The number of amides is 1. The van der Waals surface area contributed by atoms with Crippen LogP contribution in [0.2, 0.25) is 5.02 Å². The fourth-order valence-corrected chi connectivity index (χ4v) is 2.11. The Bertz CT molecular complexity index is 449. The molecule has 1 amide bonds. The molecule has 2 nitrogen and oxygen atoms in total. The highest BCUT2D eigenvalue weighted by Gasteiger charge is 2.27. The minimum Gasteiger partial charge on any atom is -0.337 e. The Kier molecular flexibility index (Phi) is 3.17. The van der Waals surface area contributed by atoms with Gasteiger partial charge in [0.2, 0.25) is 5.91 Å². The van der Waals surface area contributed by atoms with Gasteiger partial charge in [-0.25, -0.2) is 0 Å². The molecule has 2 rings (SSSR count). The lowest BCUT2D eigenvalue weighted by atomic mass is 10.1. The molecule has 1 fully saturated rings. The van der Waals surface area contributed by atoms with E-state index in [0.29, 0.717) is 24.5 Å². The maximum Gasteiger partial charge on any atom is 0.224 e. The standard InChI is InChI=1S/C13H12ClNO/c1-2-10-7-13(16)15(8-10)9-11-4-3-5-12(14)6-11/h1,3-6,10H,7-9H2. The molecule has 1 atom stereocenters. The Balaban J connectivity index is 2.06. The van der Waals surface area contributed by atoms with Gasteiger partial charge in [-0.05, 0) is 17.7 Å². The lowest BCUT2D eigenvalue weighted by Crippen LogP contribution is -2.24. The van der Waals surface area contributed by atoms with Crippen LogP contribution in [0.3, 0.4) is 0 Å². The highest BCUT2D eigenvalue weighted by atomic mass is 35.5. The summed E-state index contributed by atoms with van der Waals surface area (Å²) < 4.78 is 0. The molecule has 1 aliphatic heterocycles. The number of halogens is 1. The van der Waals surface area contributed by atoms with Crippen LogP contribution in [0.4, 0.5) is 0 Å². The summed E-state index contributed by atoms with van der Waals surface area (Å²) in [7, 11) is 0. The average molecular weight is 234 g/mol. The molecule has 1 aromatic carbocycles. The number of hydrogen-bond donors (Lipinski definition) is 0. The van der Waals surface area contributed by atoms with E-state index >= 15 is 0 Å². The summed E-state index contributed by atoms with van der Waals surface area (Å²) >= 11 is 5.89. The molecular weight excluding hydrogens is 222 g/mol. The van der Waals surface area contributed by atoms with E-state index < -0.39 is 0 Å². The third-order valence-electron chi connectivity index (χ3n) is 2.71. The molecule has 0 spiro atoms. The van der Waals surface area contributed by atoms with Crippen molar-refractivity contribution in [3.8, 4) is 12.3 Å². The molecule has 1 unspecified atom stereocenters. The lowest BCUT2D eigenvalue weighted by molar-refractivity contribution is -0.128. The predicted octanol–water partition coefficient (Wildman–Crippen LogP) is 2.32. The fourth-order valence-electron chi connectivity index (χ4n) is 1.89. The van der Waals surface area contributed by atoms with Crippen LogP contribution in [-0.2, 0) is 11.3 Å². The molecule has 0 aliphatic carbocycles. The van der Waals surface area contributed by atoms with E-state index in [-0.39, 0.29) is 11.8 Å². The summed E-state index contributed by atoms with van der Waals surface area (Å²) in [5.74, 6) is 2.82. The number of hydrogen-bond acceptors (Lipinski definition) is 1. The molecule has 0 radical (unpaired) electrons. The Labute approximate surface area is 100 Å². The van der Waals surface area contributed by atoms with Gasteiger partial charge in [0.1, 0.15) is 0 Å². The highest BCUT2D eigenvalue weighted by molar-refractivity contribution is 6.30. The highest BCUT2D eigenvalue weighted by Crippen LogP contribution is 2.20. The zero-order valence-corrected chi connectivity index (χ0v) is 9.57. The predicted molar refractivity (Wildman–Crippen MR) is 63.8 cm³/mol. The molecule has 0 bridgehead atoms. The van der Waals surface area contributed by atoms with Crippen LogP contribution < -0.4 is 0 Å². The smallest absolute Gasteiger partial charge is 0.224 e. The van der Waals surface area contributed by atoms with Crippen molar-refractivity contribution in [3.63, 3.8) is 0 Å². The van der Waals surface area contributed by atoms with Crippen LogP contribution in [-0.4, -0.2) is 17.4 Å². The average Bonchev–Trinajstić information content (AvgIpc) is 2.60. The van der Waals surface area contributed by atoms with Gasteiger partial charge >= 0.3 is 0 Å². The third-order valence-corrected chi connectivity index (χ3v) is 2.95. The molecule has 3 heteroatoms. The number of benzene rings is 1. The second kappa shape index (κ2) is 4.59. The molecule has 1 heterocycles. The molecule has 82 valence electrons. The van der Waals surface area contributed by atoms with Gasteiger partial charge in [0, 0.05) is 30.5 Å². The lowest BCUT2D eigenvalue weighted by Gasteiger charge is -2.15. The first-order chi connectivity index (χ1) is 7.69. The van der Waals surface area contributed by atoms with E-state index in [2.05, 4.69) is 5.92 Å². The number of likely N-dealkylation sites (tertiary alicyclic amines) is 1. The Hall–Kier alpha value is -1.46. The van der Waals surface area contributed by atoms with Crippen LogP contribution in [0.5, 0.6) is 0 Å². The number of rotatable bonds is 2. The quantitative estimate of drug-likeness (QED) is 0.718. The van der Waals surface area contributed by atoms with Crippen molar-refractivity contribution in [2.75, 3.05) is 6.54 Å². The summed E-state index contributed by atoms with van der Waals surface area (Å²) in [5.41, 5.74) is 1.04. The first-order valence-corrected chi connectivity index (χ1v) is 5.55. The Morgan fingerprint density at radius 2 is 2.38 bits per heavy atom. The molecule has 0 N–H and O–H groups in total. The minimum atomic E-state index is 0.0617. The topological polar surface area (TPSA) is 20.3 Å². The zero-order chi connectivity index (χ0) is 11.5. The molecule has 0 aromatic heterocycles. The number of carbonyl (C=O) groups is 1. The molecule has 16 heavy (non-hydrogen) atoms. The fraction of sp³-hybridized carbons (Fsp3) is 0.308. The van der Waals surface area contributed by atoms with Gasteiger partial charge in [-0.3, -0.25) is 4.79 Å². The summed E-state index contributed by atoms with van der Waals surface area (Å²) in [6.45, 7) is 1.25. The van der Waals surface area contributed by atoms with Gasteiger partial charge in [0.25, 0.3) is 0 Å². The van der Waals surface area contributed by atoms with E-state index in [1.807, 2.05) is 24.3 Å². The van der Waals surface area contributed by atoms with Crippen molar-refractivity contribution in [1.29, 1.82) is 0 Å². The summed E-state index contributed by atoms with van der Waals surface area (Å²) in [4.78, 5) is 13.4. The monoisotopic (exact) mass is 233 g/mol. The van der Waals surface area contributed by atoms with Gasteiger partial charge < -0.3 is 4.90 Å². The number of carbonyl (C=O) groups excluding carboxylic acids is 1. The van der Waals surface area contributed by atoms with Crippen LogP contribution >= 0.6 is 11.6 Å². The number of nitrogens with zero attached hydrogens (tertiary/aromatic N) is 1. The second-order valence-electron chi connectivity index (χ2n) is 3.97. The molecule has 1 saturated heterocycles. The van der Waals surface area contributed by atoms with Crippen LogP contribution in [0, 0.1) is 18.3 Å². The van der Waals surface area contributed by atoms with Gasteiger partial charge in [-0.15, -0.1) is 12.3 Å². The normalized spacial score (nSPS) is 19.9. The summed E-state index contributed by atoms with van der Waals surface area (Å²) in [5, 5.41) is 0.692. The van der Waals surface area contributed by atoms with Crippen molar-refractivity contribution >= 4 is 17.5 Å². The van der Waals surface area contributed by atoms with Crippen LogP contribution in [0.1, 0.15) is 12.0 Å².